The summed E-state index contributed by atoms with van der Waals surface area (Å²) in [6, 6.07) is 18.0. The molecule has 160 valence electrons. The maximum atomic E-state index is 13.1. The molecule has 3 aromatic rings. The summed E-state index contributed by atoms with van der Waals surface area (Å²) in [5.74, 6) is 0.981. The van der Waals surface area contributed by atoms with Gasteiger partial charge in [-0.2, -0.15) is 0 Å². The molecule has 1 saturated heterocycles. The molecule has 1 N–H and O–H groups in total. The number of ether oxygens (including phenoxy) is 1. The van der Waals surface area contributed by atoms with E-state index in [4.69, 9.17) is 4.74 Å². The van der Waals surface area contributed by atoms with E-state index in [1.807, 2.05) is 66.6 Å². The number of fused-ring (bicyclic) bond motifs is 1. The van der Waals surface area contributed by atoms with Crippen molar-refractivity contribution >= 4 is 11.7 Å². The molecule has 2 unspecified atom stereocenters. The molecule has 1 aromatic heterocycles. The van der Waals surface area contributed by atoms with Gasteiger partial charge in [0.05, 0.1) is 12.6 Å². The summed E-state index contributed by atoms with van der Waals surface area (Å²) in [5, 5.41) is 3.08. The number of hydrogen-bond acceptors (Lipinski definition) is 3. The summed E-state index contributed by atoms with van der Waals surface area (Å²) in [4.78, 5) is 19.6. The van der Waals surface area contributed by atoms with Gasteiger partial charge in [-0.25, -0.2) is 9.78 Å². The smallest absolute Gasteiger partial charge is 0.322 e. The zero-order chi connectivity index (χ0) is 21.2. The lowest BCUT2D eigenvalue weighted by atomic mass is 10.1. The molecule has 2 aliphatic heterocycles. The maximum Gasteiger partial charge on any atom is 0.322 e. The summed E-state index contributed by atoms with van der Waals surface area (Å²) < 4.78 is 8.40. The number of amides is 2. The number of rotatable bonds is 3. The summed E-state index contributed by atoms with van der Waals surface area (Å²) in [5.41, 5.74) is 4.21. The molecule has 6 nitrogen and oxygen atoms in total. The normalized spacial score (nSPS) is 20.9. The van der Waals surface area contributed by atoms with Crippen molar-refractivity contribution in [3.8, 4) is 11.4 Å². The maximum absolute atomic E-state index is 13.1. The van der Waals surface area contributed by atoms with Crippen LogP contribution in [0.15, 0.2) is 60.8 Å². The minimum Gasteiger partial charge on any atom is -0.367 e. The van der Waals surface area contributed by atoms with Gasteiger partial charge >= 0.3 is 6.03 Å². The molecule has 3 heterocycles. The Morgan fingerprint density at radius 2 is 1.97 bits per heavy atom. The summed E-state index contributed by atoms with van der Waals surface area (Å²) in [6.45, 7) is 4.13. The van der Waals surface area contributed by atoms with E-state index in [2.05, 4.69) is 20.9 Å². The van der Waals surface area contributed by atoms with Crippen LogP contribution in [-0.4, -0.2) is 39.7 Å². The molecule has 0 spiro atoms. The average Bonchev–Trinajstić information content (AvgIpc) is 3.24. The number of morpholine rings is 1. The number of nitrogens with one attached hydrogen (secondary N) is 1. The van der Waals surface area contributed by atoms with Crippen LogP contribution in [0.5, 0.6) is 0 Å². The van der Waals surface area contributed by atoms with Crippen molar-refractivity contribution in [2.24, 2.45) is 0 Å². The van der Waals surface area contributed by atoms with E-state index in [-0.39, 0.29) is 18.2 Å². The van der Waals surface area contributed by atoms with Crippen molar-refractivity contribution < 1.29 is 9.53 Å². The van der Waals surface area contributed by atoms with Gasteiger partial charge in [-0.15, -0.1) is 0 Å². The quantitative estimate of drug-likeness (QED) is 0.662. The number of hydrogen-bond donors (Lipinski definition) is 1. The van der Waals surface area contributed by atoms with Crippen molar-refractivity contribution in [2.75, 3.05) is 18.4 Å². The second-order valence-corrected chi connectivity index (χ2v) is 8.44. The number of benzene rings is 2. The van der Waals surface area contributed by atoms with Crippen LogP contribution in [0.25, 0.3) is 11.4 Å². The van der Waals surface area contributed by atoms with Crippen LogP contribution >= 0.6 is 0 Å². The highest BCUT2D eigenvalue weighted by atomic mass is 16.5. The Kier molecular flexibility index (Phi) is 5.47. The Balaban J connectivity index is 1.31. The van der Waals surface area contributed by atoms with Gasteiger partial charge in [-0.1, -0.05) is 42.5 Å². The molecule has 2 aromatic carbocycles. The molecular formula is C25H28N4O2. The monoisotopic (exact) mass is 416 g/mol. The Hall–Kier alpha value is -3.12. The fourth-order valence-corrected chi connectivity index (χ4v) is 4.57. The van der Waals surface area contributed by atoms with Crippen LogP contribution in [-0.2, 0) is 17.7 Å². The van der Waals surface area contributed by atoms with E-state index in [1.165, 1.54) is 18.5 Å². The molecule has 5 rings (SSSR count). The van der Waals surface area contributed by atoms with E-state index in [0.717, 1.165) is 35.6 Å². The van der Waals surface area contributed by atoms with Crippen LogP contribution in [0.4, 0.5) is 10.5 Å². The third kappa shape index (κ3) is 4.21. The number of nitrogens with zero attached hydrogens (tertiary/aromatic N) is 3. The lowest BCUT2D eigenvalue weighted by molar-refractivity contribution is -0.0642. The van der Waals surface area contributed by atoms with Crippen molar-refractivity contribution in [3.05, 3.63) is 72.1 Å². The SMILES string of the molecule is CC1CN(C(=O)Nc2cccc(-c3ncc4n3CCCC4)c2)CC(c2ccccc2)O1. The first-order valence-corrected chi connectivity index (χ1v) is 11.1. The highest BCUT2D eigenvalue weighted by Gasteiger charge is 2.29. The molecule has 1 fully saturated rings. The first-order chi connectivity index (χ1) is 15.2. The van der Waals surface area contributed by atoms with Gasteiger partial charge in [0.25, 0.3) is 0 Å². The third-order valence-corrected chi connectivity index (χ3v) is 6.09. The lowest BCUT2D eigenvalue weighted by Gasteiger charge is -2.37. The minimum absolute atomic E-state index is 0.0209. The zero-order valence-corrected chi connectivity index (χ0v) is 17.8. The molecule has 0 radical (unpaired) electrons. The van der Waals surface area contributed by atoms with Crippen molar-refractivity contribution in [3.63, 3.8) is 0 Å². The topological polar surface area (TPSA) is 59.4 Å². The standard InChI is InChI=1S/C25H28N4O2/c1-18-16-28(17-23(31-18)19-8-3-2-4-9-19)25(30)27-21-11-7-10-20(14-21)24-26-15-22-12-5-6-13-29(22)24/h2-4,7-11,14-15,18,23H,5-6,12-13,16-17H2,1H3,(H,27,30). The molecule has 2 aliphatic rings. The van der Waals surface area contributed by atoms with E-state index in [1.54, 1.807) is 0 Å². The highest BCUT2D eigenvalue weighted by molar-refractivity contribution is 5.90. The molecular weight excluding hydrogens is 388 g/mol. The second kappa shape index (κ2) is 8.55. The van der Waals surface area contributed by atoms with Gasteiger partial charge in [0.15, 0.2) is 0 Å². The number of aromatic nitrogens is 2. The molecule has 2 amide bonds. The first kappa shape index (κ1) is 19.8. The number of imidazole rings is 1. The number of urea groups is 1. The molecule has 0 bridgehead atoms. The average molecular weight is 417 g/mol. The molecule has 0 aliphatic carbocycles. The van der Waals surface area contributed by atoms with Crippen LogP contribution < -0.4 is 5.32 Å². The molecule has 2 atom stereocenters. The number of anilines is 1. The Morgan fingerprint density at radius 1 is 1.10 bits per heavy atom. The van der Waals surface area contributed by atoms with E-state index in [0.29, 0.717) is 13.1 Å². The number of carbonyl (C=O) groups is 1. The van der Waals surface area contributed by atoms with Crippen LogP contribution in [0.3, 0.4) is 0 Å². The number of carbonyl (C=O) groups excluding carboxylic acids is 1. The van der Waals surface area contributed by atoms with Gasteiger partial charge in [0, 0.05) is 36.2 Å². The van der Waals surface area contributed by atoms with Gasteiger partial charge in [-0.05, 0) is 43.9 Å². The zero-order valence-electron chi connectivity index (χ0n) is 17.8. The Morgan fingerprint density at radius 3 is 2.84 bits per heavy atom. The number of aryl methyl sites for hydroxylation is 1. The van der Waals surface area contributed by atoms with Crippen LogP contribution in [0.2, 0.25) is 0 Å². The third-order valence-electron chi connectivity index (χ3n) is 6.09. The van der Waals surface area contributed by atoms with Crippen LogP contribution in [0, 0.1) is 0 Å². The van der Waals surface area contributed by atoms with Gasteiger partial charge in [0.2, 0.25) is 0 Å². The van der Waals surface area contributed by atoms with Crippen LogP contribution in [0.1, 0.15) is 37.1 Å². The molecule has 0 saturated carbocycles. The summed E-state index contributed by atoms with van der Waals surface area (Å²) in [7, 11) is 0. The van der Waals surface area contributed by atoms with Gasteiger partial charge in [-0.3, -0.25) is 0 Å². The van der Waals surface area contributed by atoms with Crippen molar-refractivity contribution in [1.29, 1.82) is 0 Å². The van der Waals surface area contributed by atoms with Gasteiger partial charge in [0.1, 0.15) is 11.9 Å². The predicted octanol–water partition coefficient (Wildman–Crippen LogP) is 4.88. The second-order valence-electron chi connectivity index (χ2n) is 8.44. The van der Waals surface area contributed by atoms with E-state index < -0.39 is 0 Å². The first-order valence-electron chi connectivity index (χ1n) is 11.1. The van der Waals surface area contributed by atoms with E-state index in [9.17, 15) is 4.79 Å². The van der Waals surface area contributed by atoms with Crippen molar-refractivity contribution in [1.82, 2.24) is 14.5 Å². The molecule has 6 heteroatoms. The fourth-order valence-electron chi connectivity index (χ4n) is 4.57. The molecule has 31 heavy (non-hydrogen) atoms. The summed E-state index contributed by atoms with van der Waals surface area (Å²) >= 11 is 0. The Labute approximate surface area is 182 Å². The van der Waals surface area contributed by atoms with Crippen molar-refractivity contribution in [2.45, 2.75) is 44.9 Å². The summed E-state index contributed by atoms with van der Waals surface area (Å²) in [6.07, 6.45) is 5.35. The van der Waals surface area contributed by atoms with E-state index >= 15 is 0 Å². The predicted molar refractivity (Wildman–Crippen MR) is 121 cm³/mol. The largest absolute Gasteiger partial charge is 0.367 e. The fraction of sp³-hybridized carbons (Fsp3) is 0.360. The lowest BCUT2D eigenvalue weighted by Crippen LogP contribution is -2.47. The minimum atomic E-state index is -0.113. The highest BCUT2D eigenvalue weighted by Crippen LogP contribution is 2.28. The van der Waals surface area contributed by atoms with Gasteiger partial charge < -0.3 is 19.5 Å². The Bertz CT molecular complexity index is 1060.